The third kappa shape index (κ3) is 5.08. The molecule has 1 aliphatic heterocycles. The second kappa shape index (κ2) is 9.47. The predicted molar refractivity (Wildman–Crippen MR) is 110 cm³/mol. The fraction of sp³-hybridized carbons (Fsp3) is 0.286. The smallest absolute Gasteiger partial charge is 0.319 e. The second-order valence-corrected chi connectivity index (χ2v) is 7.79. The molecule has 0 radical (unpaired) electrons. The van der Waals surface area contributed by atoms with Crippen LogP contribution in [0.15, 0.2) is 59.5 Å². The SMILES string of the molecule is CNC(=O)[C@H]1CN(C(=O)COC(=O)[C@H](C)Sc2ccccc2)c2ccccc2O1. The van der Waals surface area contributed by atoms with Crippen LogP contribution in [-0.2, 0) is 19.1 Å². The lowest BCUT2D eigenvalue weighted by atomic mass is 10.1. The number of amides is 2. The van der Waals surface area contributed by atoms with E-state index in [1.807, 2.05) is 30.3 Å². The van der Waals surface area contributed by atoms with Crippen molar-refractivity contribution in [2.75, 3.05) is 25.1 Å². The highest BCUT2D eigenvalue weighted by Gasteiger charge is 2.33. The van der Waals surface area contributed by atoms with E-state index in [1.54, 1.807) is 31.2 Å². The maximum atomic E-state index is 12.8. The topological polar surface area (TPSA) is 84.9 Å². The van der Waals surface area contributed by atoms with Crippen molar-refractivity contribution >= 4 is 35.2 Å². The third-order valence-electron chi connectivity index (χ3n) is 4.34. The van der Waals surface area contributed by atoms with Crippen LogP contribution in [0, 0.1) is 0 Å². The molecule has 1 heterocycles. The molecule has 152 valence electrons. The molecule has 2 aromatic rings. The molecule has 0 aromatic heterocycles. The number of carbonyl (C=O) groups excluding carboxylic acids is 3. The number of hydrogen-bond donors (Lipinski definition) is 1. The molecular weight excluding hydrogens is 392 g/mol. The molecule has 2 aromatic carbocycles. The zero-order valence-electron chi connectivity index (χ0n) is 16.2. The quantitative estimate of drug-likeness (QED) is 0.577. The van der Waals surface area contributed by atoms with Crippen LogP contribution in [0.1, 0.15) is 6.92 Å². The maximum absolute atomic E-state index is 12.8. The highest BCUT2D eigenvalue weighted by molar-refractivity contribution is 8.00. The molecule has 0 unspecified atom stereocenters. The van der Waals surface area contributed by atoms with Gasteiger partial charge in [0.05, 0.1) is 12.2 Å². The lowest BCUT2D eigenvalue weighted by Crippen LogP contribution is -2.51. The molecule has 0 bridgehead atoms. The van der Waals surface area contributed by atoms with Gasteiger partial charge in [-0.05, 0) is 31.2 Å². The normalized spacial score (nSPS) is 16.2. The summed E-state index contributed by atoms with van der Waals surface area (Å²) in [6, 6.07) is 16.4. The Balaban J connectivity index is 1.63. The van der Waals surface area contributed by atoms with E-state index in [2.05, 4.69) is 5.32 Å². The molecule has 2 atom stereocenters. The van der Waals surface area contributed by atoms with Crippen molar-refractivity contribution in [3.05, 3.63) is 54.6 Å². The summed E-state index contributed by atoms with van der Waals surface area (Å²) in [5.41, 5.74) is 0.542. The average molecular weight is 414 g/mol. The molecule has 2 amide bonds. The number of benzene rings is 2. The Morgan fingerprint density at radius 3 is 2.59 bits per heavy atom. The van der Waals surface area contributed by atoms with Gasteiger partial charge >= 0.3 is 5.97 Å². The van der Waals surface area contributed by atoms with E-state index in [0.717, 1.165) is 4.90 Å². The summed E-state index contributed by atoms with van der Waals surface area (Å²) >= 11 is 1.36. The van der Waals surface area contributed by atoms with Crippen molar-refractivity contribution in [3.63, 3.8) is 0 Å². The Hall–Kier alpha value is -3.00. The largest absolute Gasteiger partial charge is 0.477 e. The van der Waals surface area contributed by atoms with Crippen LogP contribution in [0.2, 0.25) is 0 Å². The van der Waals surface area contributed by atoms with Crippen LogP contribution in [-0.4, -0.2) is 49.3 Å². The number of likely N-dealkylation sites (N-methyl/N-ethyl adjacent to an activating group) is 1. The first-order chi connectivity index (χ1) is 14.0. The molecule has 1 N–H and O–H groups in total. The number of nitrogens with zero attached hydrogens (tertiary/aromatic N) is 1. The van der Waals surface area contributed by atoms with Gasteiger partial charge in [0, 0.05) is 11.9 Å². The van der Waals surface area contributed by atoms with E-state index in [-0.39, 0.29) is 12.5 Å². The van der Waals surface area contributed by atoms with Gasteiger partial charge in [-0.15, -0.1) is 11.8 Å². The summed E-state index contributed by atoms with van der Waals surface area (Å²) in [6.07, 6.45) is -0.831. The van der Waals surface area contributed by atoms with Crippen molar-refractivity contribution in [2.45, 2.75) is 23.2 Å². The van der Waals surface area contributed by atoms with Crippen LogP contribution in [0.25, 0.3) is 0 Å². The molecule has 0 spiro atoms. The van der Waals surface area contributed by atoms with Gasteiger partial charge in [-0.1, -0.05) is 30.3 Å². The van der Waals surface area contributed by atoms with Crippen LogP contribution < -0.4 is 15.0 Å². The maximum Gasteiger partial charge on any atom is 0.319 e. The first kappa shape index (κ1) is 20.7. The fourth-order valence-corrected chi connectivity index (χ4v) is 3.73. The lowest BCUT2D eigenvalue weighted by molar-refractivity contribution is -0.147. The number of ether oxygens (including phenoxy) is 2. The van der Waals surface area contributed by atoms with Gasteiger partial charge in [0.1, 0.15) is 11.0 Å². The van der Waals surface area contributed by atoms with Gasteiger partial charge in [-0.2, -0.15) is 0 Å². The number of thioether (sulfide) groups is 1. The molecule has 0 fully saturated rings. The number of nitrogens with one attached hydrogen (secondary N) is 1. The zero-order chi connectivity index (χ0) is 20.8. The van der Waals surface area contributed by atoms with Gasteiger partial charge in [-0.3, -0.25) is 14.4 Å². The number of carbonyl (C=O) groups is 3. The van der Waals surface area contributed by atoms with Gasteiger partial charge in [0.15, 0.2) is 12.7 Å². The zero-order valence-corrected chi connectivity index (χ0v) is 17.0. The highest BCUT2D eigenvalue weighted by Crippen LogP contribution is 2.33. The van der Waals surface area contributed by atoms with Crippen molar-refractivity contribution in [1.29, 1.82) is 0 Å². The number of rotatable bonds is 6. The Morgan fingerprint density at radius 1 is 1.17 bits per heavy atom. The molecule has 3 rings (SSSR count). The number of anilines is 1. The van der Waals surface area contributed by atoms with Gasteiger partial charge in [0.25, 0.3) is 11.8 Å². The van der Waals surface area contributed by atoms with E-state index in [0.29, 0.717) is 11.4 Å². The first-order valence-electron chi connectivity index (χ1n) is 9.15. The molecular formula is C21H22N2O5S. The minimum atomic E-state index is -0.831. The lowest BCUT2D eigenvalue weighted by Gasteiger charge is -2.33. The fourth-order valence-electron chi connectivity index (χ4n) is 2.85. The number of para-hydroxylation sites is 2. The average Bonchev–Trinajstić information content (AvgIpc) is 2.76. The van der Waals surface area contributed by atoms with Crippen molar-refractivity contribution in [3.8, 4) is 5.75 Å². The van der Waals surface area contributed by atoms with Gasteiger partial charge < -0.3 is 19.7 Å². The Kier molecular flexibility index (Phi) is 6.77. The molecule has 1 aliphatic rings. The molecule has 7 nitrogen and oxygen atoms in total. The predicted octanol–water partition coefficient (Wildman–Crippen LogP) is 2.25. The Labute approximate surface area is 173 Å². The molecule has 0 saturated carbocycles. The number of esters is 1. The van der Waals surface area contributed by atoms with E-state index < -0.39 is 29.8 Å². The van der Waals surface area contributed by atoms with E-state index in [1.165, 1.54) is 23.7 Å². The van der Waals surface area contributed by atoms with Crippen LogP contribution in [0.5, 0.6) is 5.75 Å². The van der Waals surface area contributed by atoms with E-state index >= 15 is 0 Å². The molecule has 8 heteroatoms. The Morgan fingerprint density at radius 2 is 1.86 bits per heavy atom. The summed E-state index contributed by atoms with van der Waals surface area (Å²) in [5, 5.41) is 2.07. The van der Waals surface area contributed by atoms with Crippen LogP contribution >= 0.6 is 11.8 Å². The van der Waals surface area contributed by atoms with E-state index in [9.17, 15) is 14.4 Å². The van der Waals surface area contributed by atoms with Gasteiger partial charge in [0.2, 0.25) is 0 Å². The highest BCUT2D eigenvalue weighted by atomic mass is 32.2. The van der Waals surface area contributed by atoms with Crippen LogP contribution in [0.4, 0.5) is 5.69 Å². The first-order valence-corrected chi connectivity index (χ1v) is 10.0. The summed E-state index contributed by atoms with van der Waals surface area (Å²) in [6.45, 7) is 1.37. The molecule has 0 aliphatic carbocycles. The summed E-state index contributed by atoms with van der Waals surface area (Å²) < 4.78 is 10.9. The van der Waals surface area contributed by atoms with Crippen LogP contribution in [0.3, 0.4) is 0 Å². The summed E-state index contributed by atoms with van der Waals surface area (Å²) in [5.74, 6) is -0.793. The van der Waals surface area contributed by atoms with Gasteiger partial charge in [-0.25, -0.2) is 0 Å². The summed E-state index contributed by atoms with van der Waals surface area (Å²) in [7, 11) is 1.51. The number of fused-ring (bicyclic) bond motifs is 1. The van der Waals surface area contributed by atoms with Crippen molar-refractivity contribution in [1.82, 2.24) is 5.32 Å². The monoisotopic (exact) mass is 414 g/mol. The van der Waals surface area contributed by atoms with Crippen molar-refractivity contribution in [2.24, 2.45) is 0 Å². The molecule has 29 heavy (non-hydrogen) atoms. The van der Waals surface area contributed by atoms with Crippen molar-refractivity contribution < 1.29 is 23.9 Å². The Bertz CT molecular complexity index is 890. The third-order valence-corrected chi connectivity index (χ3v) is 5.43. The summed E-state index contributed by atoms with van der Waals surface area (Å²) in [4.78, 5) is 39.4. The van der Waals surface area contributed by atoms with E-state index in [4.69, 9.17) is 9.47 Å². The second-order valence-electron chi connectivity index (χ2n) is 6.37. The molecule has 0 saturated heterocycles. The minimum absolute atomic E-state index is 0.0430. The number of hydrogen-bond acceptors (Lipinski definition) is 6. The standard InChI is InChI=1S/C21H22N2O5S/c1-14(29-15-8-4-3-5-9-15)21(26)27-13-19(24)23-12-18(20(25)22-2)28-17-11-7-6-10-16(17)23/h3-11,14,18H,12-13H2,1-2H3,(H,22,25)/t14-,18+/m0/s1. The minimum Gasteiger partial charge on any atom is -0.477 e.